The molecule has 29 heavy (non-hydrogen) atoms. The Morgan fingerprint density at radius 3 is 2.79 bits per heavy atom. The lowest BCUT2D eigenvalue weighted by molar-refractivity contribution is 0.101. The number of fused-ring (bicyclic) bond motifs is 1. The van der Waals surface area contributed by atoms with E-state index in [9.17, 15) is 4.79 Å². The fraction of sp³-hybridized carbons (Fsp3) is 0.136. The van der Waals surface area contributed by atoms with Crippen LogP contribution >= 0.6 is 11.8 Å². The Kier molecular flexibility index (Phi) is 4.44. The molecule has 1 N–H and O–H groups in total. The Balaban J connectivity index is 1.48. The van der Waals surface area contributed by atoms with Gasteiger partial charge in [0.2, 0.25) is 0 Å². The third kappa shape index (κ3) is 3.34. The van der Waals surface area contributed by atoms with E-state index < -0.39 is 0 Å². The van der Waals surface area contributed by atoms with E-state index in [1.807, 2.05) is 60.1 Å². The summed E-state index contributed by atoms with van der Waals surface area (Å²) in [5.41, 5.74) is 5.24. The molecule has 0 bridgehead atoms. The van der Waals surface area contributed by atoms with E-state index in [-0.39, 0.29) is 11.6 Å². The van der Waals surface area contributed by atoms with E-state index in [0.717, 1.165) is 39.6 Å². The van der Waals surface area contributed by atoms with Crippen molar-refractivity contribution in [1.29, 1.82) is 0 Å². The Morgan fingerprint density at radius 2 is 1.97 bits per heavy atom. The van der Waals surface area contributed by atoms with Crippen molar-refractivity contribution in [3.05, 3.63) is 83.2 Å². The van der Waals surface area contributed by atoms with Crippen LogP contribution in [0.4, 0.5) is 5.82 Å². The SMILES string of the molecule is Cc1cccc(-n2nc3c(c2NC(=O)c2cc(-c4ccccc4)on2)CSC3)c1. The summed E-state index contributed by atoms with van der Waals surface area (Å²) in [4.78, 5) is 12.9. The van der Waals surface area contributed by atoms with Gasteiger partial charge in [-0.3, -0.25) is 4.79 Å². The van der Waals surface area contributed by atoms with Crippen LogP contribution in [0.1, 0.15) is 27.3 Å². The minimum absolute atomic E-state index is 0.236. The molecule has 1 aliphatic rings. The Morgan fingerprint density at radius 1 is 1.10 bits per heavy atom. The molecule has 0 saturated carbocycles. The average Bonchev–Trinajstić information content (AvgIpc) is 3.46. The lowest BCUT2D eigenvalue weighted by atomic mass is 10.1. The van der Waals surface area contributed by atoms with Gasteiger partial charge >= 0.3 is 0 Å². The molecule has 0 radical (unpaired) electrons. The van der Waals surface area contributed by atoms with Gasteiger partial charge < -0.3 is 9.84 Å². The topological polar surface area (TPSA) is 73.0 Å². The maximum atomic E-state index is 12.9. The molecule has 0 saturated heterocycles. The largest absolute Gasteiger partial charge is 0.355 e. The van der Waals surface area contributed by atoms with Gasteiger partial charge in [-0.05, 0) is 24.6 Å². The minimum atomic E-state index is -0.315. The molecule has 0 atom stereocenters. The van der Waals surface area contributed by atoms with E-state index in [1.54, 1.807) is 17.8 Å². The minimum Gasteiger partial charge on any atom is -0.355 e. The molecule has 5 rings (SSSR count). The first kappa shape index (κ1) is 17.8. The van der Waals surface area contributed by atoms with Crippen molar-refractivity contribution in [2.24, 2.45) is 0 Å². The van der Waals surface area contributed by atoms with Crippen molar-refractivity contribution in [3.8, 4) is 17.0 Å². The predicted octanol–water partition coefficient (Wildman–Crippen LogP) is 4.83. The zero-order valence-electron chi connectivity index (χ0n) is 15.8. The van der Waals surface area contributed by atoms with E-state index >= 15 is 0 Å². The van der Waals surface area contributed by atoms with E-state index in [4.69, 9.17) is 9.62 Å². The molecule has 144 valence electrons. The molecule has 1 aliphatic heterocycles. The number of hydrogen-bond donors (Lipinski definition) is 1. The predicted molar refractivity (Wildman–Crippen MR) is 113 cm³/mol. The molecule has 3 heterocycles. The maximum Gasteiger partial charge on any atom is 0.279 e. The van der Waals surface area contributed by atoms with Crippen LogP contribution < -0.4 is 5.32 Å². The highest BCUT2D eigenvalue weighted by atomic mass is 32.2. The molecule has 0 fully saturated rings. The van der Waals surface area contributed by atoms with Crippen LogP contribution in [0.2, 0.25) is 0 Å². The van der Waals surface area contributed by atoms with Crippen molar-refractivity contribution < 1.29 is 9.32 Å². The van der Waals surface area contributed by atoms with Crippen molar-refractivity contribution >= 4 is 23.5 Å². The standard InChI is InChI=1S/C22H18N4O2S/c1-14-6-5-9-16(10-14)26-21(17-12-29-13-19(17)24-26)23-22(27)18-11-20(28-25-18)15-7-3-2-4-8-15/h2-11H,12-13H2,1H3,(H,23,27). The molecule has 2 aromatic carbocycles. The summed E-state index contributed by atoms with van der Waals surface area (Å²) in [6.45, 7) is 2.04. The molecule has 2 aromatic heterocycles. The number of rotatable bonds is 4. The van der Waals surface area contributed by atoms with Gasteiger partial charge in [0.15, 0.2) is 11.5 Å². The van der Waals surface area contributed by atoms with Crippen LogP contribution in [-0.4, -0.2) is 20.8 Å². The normalized spacial score (nSPS) is 12.7. The van der Waals surface area contributed by atoms with Crippen molar-refractivity contribution in [2.45, 2.75) is 18.4 Å². The second-order valence-electron chi connectivity index (χ2n) is 6.91. The Labute approximate surface area is 171 Å². The van der Waals surface area contributed by atoms with Gasteiger partial charge in [0, 0.05) is 28.7 Å². The summed E-state index contributed by atoms with van der Waals surface area (Å²) in [7, 11) is 0. The number of amides is 1. The molecule has 0 spiro atoms. The number of hydrogen-bond acceptors (Lipinski definition) is 5. The number of nitrogens with one attached hydrogen (secondary N) is 1. The Hall–Kier alpha value is -3.32. The number of carbonyl (C=O) groups excluding carboxylic acids is 1. The third-order valence-corrected chi connectivity index (χ3v) is 5.80. The summed E-state index contributed by atoms with van der Waals surface area (Å²) in [5, 5.41) is 11.7. The van der Waals surface area contributed by atoms with Gasteiger partial charge in [-0.1, -0.05) is 47.6 Å². The van der Waals surface area contributed by atoms with Crippen molar-refractivity contribution in [1.82, 2.24) is 14.9 Å². The average molecular weight is 402 g/mol. The lowest BCUT2D eigenvalue weighted by Crippen LogP contribution is -2.16. The first-order chi connectivity index (χ1) is 14.2. The first-order valence-electron chi connectivity index (χ1n) is 9.28. The Bertz CT molecular complexity index is 1200. The van der Waals surface area contributed by atoms with Gasteiger partial charge in [0.05, 0.1) is 11.4 Å². The number of anilines is 1. The summed E-state index contributed by atoms with van der Waals surface area (Å²) in [5.74, 6) is 2.61. The highest BCUT2D eigenvalue weighted by Gasteiger charge is 2.26. The fourth-order valence-electron chi connectivity index (χ4n) is 3.38. The number of aromatic nitrogens is 3. The maximum absolute atomic E-state index is 12.9. The van der Waals surface area contributed by atoms with E-state index in [1.165, 1.54) is 0 Å². The van der Waals surface area contributed by atoms with Crippen molar-refractivity contribution in [3.63, 3.8) is 0 Å². The second-order valence-corrected chi connectivity index (χ2v) is 7.90. The molecule has 7 heteroatoms. The quantitative estimate of drug-likeness (QED) is 0.529. The lowest BCUT2D eigenvalue weighted by Gasteiger charge is -2.10. The number of nitrogens with zero attached hydrogens (tertiary/aromatic N) is 3. The zero-order chi connectivity index (χ0) is 19.8. The van der Waals surface area contributed by atoms with Gasteiger partial charge in [-0.2, -0.15) is 16.9 Å². The smallest absolute Gasteiger partial charge is 0.279 e. The molecule has 4 aromatic rings. The first-order valence-corrected chi connectivity index (χ1v) is 10.4. The van der Waals surface area contributed by atoms with Gasteiger partial charge in [-0.25, -0.2) is 4.68 Å². The molecule has 6 nitrogen and oxygen atoms in total. The number of benzene rings is 2. The highest BCUT2D eigenvalue weighted by Crippen LogP contribution is 2.36. The summed E-state index contributed by atoms with van der Waals surface area (Å²) in [6, 6.07) is 19.3. The molecule has 1 amide bonds. The van der Waals surface area contributed by atoms with Crippen LogP contribution in [0.3, 0.4) is 0 Å². The second kappa shape index (κ2) is 7.25. The van der Waals surface area contributed by atoms with Crippen LogP contribution in [0.25, 0.3) is 17.0 Å². The molecule has 0 aliphatic carbocycles. The molecule has 0 unspecified atom stereocenters. The highest BCUT2D eigenvalue weighted by molar-refractivity contribution is 7.98. The van der Waals surface area contributed by atoms with Crippen LogP contribution in [0, 0.1) is 6.92 Å². The number of aryl methyl sites for hydroxylation is 1. The zero-order valence-corrected chi connectivity index (χ0v) is 16.6. The molecular formula is C22H18N4O2S. The van der Waals surface area contributed by atoms with Crippen molar-refractivity contribution in [2.75, 3.05) is 5.32 Å². The molecular weight excluding hydrogens is 384 g/mol. The van der Waals surface area contributed by atoms with Gasteiger partial charge in [0.25, 0.3) is 5.91 Å². The summed E-state index contributed by atoms with van der Waals surface area (Å²) >= 11 is 1.79. The monoisotopic (exact) mass is 402 g/mol. The summed E-state index contributed by atoms with van der Waals surface area (Å²) in [6.07, 6.45) is 0. The van der Waals surface area contributed by atoms with E-state index in [2.05, 4.69) is 16.5 Å². The van der Waals surface area contributed by atoms with Crippen LogP contribution in [-0.2, 0) is 11.5 Å². The number of carbonyl (C=O) groups is 1. The fourth-order valence-corrected chi connectivity index (χ4v) is 4.42. The number of thioether (sulfide) groups is 1. The third-order valence-electron chi connectivity index (χ3n) is 4.83. The van der Waals surface area contributed by atoms with Gasteiger partial charge in [0.1, 0.15) is 5.82 Å². The van der Waals surface area contributed by atoms with Crippen LogP contribution in [0.5, 0.6) is 0 Å². The van der Waals surface area contributed by atoms with Crippen LogP contribution in [0.15, 0.2) is 65.2 Å². The van der Waals surface area contributed by atoms with Gasteiger partial charge in [-0.15, -0.1) is 0 Å². The van der Waals surface area contributed by atoms with E-state index in [0.29, 0.717) is 11.6 Å². The summed E-state index contributed by atoms with van der Waals surface area (Å²) < 4.78 is 7.19.